The minimum Gasteiger partial charge on any atom is -0.484 e. The molecular formula is C15H9Cl3N2O2. The van der Waals surface area contributed by atoms with E-state index in [0.29, 0.717) is 27.0 Å². The highest BCUT2D eigenvalue weighted by Gasteiger charge is 2.07. The van der Waals surface area contributed by atoms with Gasteiger partial charge in [0.05, 0.1) is 20.6 Å². The smallest absolute Gasteiger partial charge is 0.262 e. The van der Waals surface area contributed by atoms with E-state index in [9.17, 15) is 4.79 Å². The number of nitrogens with zero attached hydrogens (tertiary/aromatic N) is 1. The molecule has 0 aliphatic carbocycles. The maximum absolute atomic E-state index is 11.8. The molecule has 0 heterocycles. The van der Waals surface area contributed by atoms with Gasteiger partial charge in [-0.15, -0.1) is 0 Å². The first-order valence-corrected chi connectivity index (χ1v) is 7.20. The molecule has 0 atom stereocenters. The standard InChI is InChI=1S/C15H9Cl3N2O2/c16-12-4-3-11(6-14(12)18)22-8-15(21)20-10-2-1-9(7-19)13(17)5-10/h1-6H,8H2,(H,20,21). The fourth-order valence-corrected chi connectivity index (χ4v) is 2.11. The first kappa shape index (κ1) is 16.4. The number of amides is 1. The number of nitriles is 1. The highest BCUT2D eigenvalue weighted by atomic mass is 35.5. The Morgan fingerprint density at radius 3 is 2.50 bits per heavy atom. The number of anilines is 1. The molecule has 1 N–H and O–H groups in total. The van der Waals surface area contributed by atoms with Crippen molar-refractivity contribution in [3.63, 3.8) is 0 Å². The van der Waals surface area contributed by atoms with Crippen molar-refractivity contribution >= 4 is 46.4 Å². The molecule has 4 nitrogen and oxygen atoms in total. The molecule has 112 valence electrons. The monoisotopic (exact) mass is 354 g/mol. The Hall–Kier alpha value is -1.93. The highest BCUT2D eigenvalue weighted by molar-refractivity contribution is 6.42. The van der Waals surface area contributed by atoms with Crippen LogP contribution in [0.15, 0.2) is 36.4 Å². The third-order valence-corrected chi connectivity index (χ3v) is 3.69. The van der Waals surface area contributed by atoms with Crippen molar-refractivity contribution in [1.82, 2.24) is 0 Å². The molecule has 22 heavy (non-hydrogen) atoms. The highest BCUT2D eigenvalue weighted by Crippen LogP contribution is 2.26. The summed E-state index contributed by atoms with van der Waals surface area (Å²) >= 11 is 17.5. The van der Waals surface area contributed by atoms with Crippen LogP contribution in [0.25, 0.3) is 0 Å². The number of hydrogen-bond donors (Lipinski definition) is 1. The molecule has 0 saturated carbocycles. The van der Waals surface area contributed by atoms with Crippen molar-refractivity contribution in [3.8, 4) is 11.8 Å². The topological polar surface area (TPSA) is 62.1 Å². The molecule has 2 rings (SSSR count). The molecule has 0 unspecified atom stereocenters. The summed E-state index contributed by atoms with van der Waals surface area (Å²) in [5.41, 5.74) is 0.818. The lowest BCUT2D eigenvalue weighted by Gasteiger charge is -2.08. The van der Waals surface area contributed by atoms with Gasteiger partial charge in [-0.3, -0.25) is 4.79 Å². The van der Waals surface area contributed by atoms with Gasteiger partial charge in [0.15, 0.2) is 6.61 Å². The van der Waals surface area contributed by atoms with Gasteiger partial charge < -0.3 is 10.1 Å². The van der Waals surface area contributed by atoms with E-state index in [-0.39, 0.29) is 17.5 Å². The van der Waals surface area contributed by atoms with Gasteiger partial charge in [-0.05, 0) is 30.3 Å². The molecule has 0 fully saturated rings. The van der Waals surface area contributed by atoms with Gasteiger partial charge in [-0.2, -0.15) is 5.26 Å². The zero-order valence-electron chi connectivity index (χ0n) is 11.1. The van der Waals surface area contributed by atoms with E-state index >= 15 is 0 Å². The number of carbonyl (C=O) groups is 1. The Morgan fingerprint density at radius 1 is 1.09 bits per heavy atom. The quantitative estimate of drug-likeness (QED) is 0.876. The summed E-state index contributed by atoms with van der Waals surface area (Å²) in [6.07, 6.45) is 0. The van der Waals surface area contributed by atoms with Crippen LogP contribution in [0.3, 0.4) is 0 Å². The molecule has 2 aromatic carbocycles. The van der Waals surface area contributed by atoms with Gasteiger partial charge in [0.1, 0.15) is 11.8 Å². The number of nitrogens with one attached hydrogen (secondary N) is 1. The fraction of sp³-hybridized carbons (Fsp3) is 0.0667. The Bertz CT molecular complexity index is 757. The summed E-state index contributed by atoms with van der Waals surface area (Å²) in [7, 11) is 0. The van der Waals surface area contributed by atoms with E-state index in [0.717, 1.165) is 0 Å². The van der Waals surface area contributed by atoms with E-state index in [1.54, 1.807) is 18.2 Å². The first-order valence-electron chi connectivity index (χ1n) is 6.07. The summed E-state index contributed by atoms with van der Waals surface area (Å²) in [6.45, 7) is -0.199. The molecule has 0 saturated heterocycles. The second-order valence-electron chi connectivity index (χ2n) is 4.22. The minimum atomic E-state index is -0.369. The predicted molar refractivity (Wildman–Crippen MR) is 86.8 cm³/mol. The summed E-state index contributed by atoms with van der Waals surface area (Å²) in [6, 6.07) is 11.3. The van der Waals surface area contributed by atoms with Crippen molar-refractivity contribution in [3.05, 3.63) is 57.0 Å². The molecule has 0 radical (unpaired) electrons. The zero-order valence-corrected chi connectivity index (χ0v) is 13.3. The average molecular weight is 356 g/mol. The maximum Gasteiger partial charge on any atom is 0.262 e. The van der Waals surface area contributed by atoms with Crippen LogP contribution in [0.2, 0.25) is 15.1 Å². The van der Waals surface area contributed by atoms with Gasteiger partial charge in [-0.1, -0.05) is 34.8 Å². The maximum atomic E-state index is 11.8. The fourth-order valence-electron chi connectivity index (χ4n) is 1.60. The number of halogens is 3. The minimum absolute atomic E-state index is 0.199. The molecular weight excluding hydrogens is 347 g/mol. The van der Waals surface area contributed by atoms with Crippen LogP contribution in [0.1, 0.15) is 5.56 Å². The number of rotatable bonds is 4. The Kier molecular flexibility index (Phi) is 5.51. The number of carbonyl (C=O) groups excluding carboxylic acids is 1. The van der Waals surface area contributed by atoms with Gasteiger partial charge in [-0.25, -0.2) is 0 Å². The average Bonchev–Trinajstić information content (AvgIpc) is 2.49. The van der Waals surface area contributed by atoms with E-state index in [4.69, 9.17) is 44.8 Å². The van der Waals surface area contributed by atoms with Crippen LogP contribution in [-0.2, 0) is 4.79 Å². The largest absolute Gasteiger partial charge is 0.484 e. The molecule has 0 aromatic heterocycles. The van der Waals surface area contributed by atoms with Gasteiger partial charge in [0.25, 0.3) is 5.91 Å². The van der Waals surface area contributed by atoms with Crippen molar-refractivity contribution in [1.29, 1.82) is 5.26 Å². The van der Waals surface area contributed by atoms with Crippen LogP contribution < -0.4 is 10.1 Å². The van der Waals surface area contributed by atoms with E-state index in [1.165, 1.54) is 18.2 Å². The molecule has 7 heteroatoms. The lowest BCUT2D eigenvalue weighted by atomic mass is 10.2. The van der Waals surface area contributed by atoms with Crippen LogP contribution in [0.5, 0.6) is 5.75 Å². The summed E-state index contributed by atoms with van der Waals surface area (Å²) < 4.78 is 5.31. The lowest BCUT2D eigenvalue weighted by Crippen LogP contribution is -2.20. The Morgan fingerprint density at radius 2 is 1.86 bits per heavy atom. The van der Waals surface area contributed by atoms with Crippen molar-refractivity contribution in [2.24, 2.45) is 0 Å². The summed E-state index contributed by atoms with van der Waals surface area (Å²) in [5, 5.41) is 12.4. The van der Waals surface area contributed by atoms with Crippen LogP contribution in [0, 0.1) is 11.3 Å². The lowest BCUT2D eigenvalue weighted by molar-refractivity contribution is -0.118. The van der Waals surface area contributed by atoms with E-state index in [2.05, 4.69) is 5.32 Å². The van der Waals surface area contributed by atoms with E-state index in [1.807, 2.05) is 6.07 Å². The second-order valence-corrected chi connectivity index (χ2v) is 5.44. The number of ether oxygens (including phenoxy) is 1. The second kappa shape index (κ2) is 7.37. The number of hydrogen-bond acceptors (Lipinski definition) is 3. The Labute approximate surface area is 142 Å². The molecule has 2 aromatic rings. The van der Waals surface area contributed by atoms with Gasteiger partial charge >= 0.3 is 0 Å². The first-order chi connectivity index (χ1) is 10.5. The predicted octanol–water partition coefficient (Wildman–Crippen LogP) is 4.54. The zero-order chi connectivity index (χ0) is 16.1. The van der Waals surface area contributed by atoms with E-state index < -0.39 is 0 Å². The summed E-state index contributed by atoms with van der Waals surface area (Å²) in [4.78, 5) is 11.8. The molecule has 0 aliphatic rings. The number of benzene rings is 2. The molecule has 1 amide bonds. The summed E-state index contributed by atoms with van der Waals surface area (Å²) in [5.74, 6) is 0.0641. The van der Waals surface area contributed by atoms with Crippen LogP contribution in [-0.4, -0.2) is 12.5 Å². The molecule has 0 spiro atoms. The third kappa shape index (κ3) is 4.28. The van der Waals surface area contributed by atoms with Crippen molar-refractivity contribution in [2.45, 2.75) is 0 Å². The normalized spacial score (nSPS) is 9.91. The molecule has 0 bridgehead atoms. The van der Waals surface area contributed by atoms with Crippen molar-refractivity contribution in [2.75, 3.05) is 11.9 Å². The Balaban J connectivity index is 1.94. The van der Waals surface area contributed by atoms with Crippen LogP contribution in [0.4, 0.5) is 5.69 Å². The molecule has 0 aliphatic heterocycles. The van der Waals surface area contributed by atoms with Crippen molar-refractivity contribution < 1.29 is 9.53 Å². The SMILES string of the molecule is N#Cc1ccc(NC(=O)COc2ccc(Cl)c(Cl)c2)cc1Cl. The third-order valence-electron chi connectivity index (χ3n) is 2.63. The van der Waals surface area contributed by atoms with Gasteiger partial charge in [0, 0.05) is 11.8 Å². The van der Waals surface area contributed by atoms with Gasteiger partial charge in [0.2, 0.25) is 0 Å². The van der Waals surface area contributed by atoms with Crippen LogP contribution >= 0.6 is 34.8 Å².